The highest BCUT2D eigenvalue weighted by Crippen LogP contribution is 2.24. The number of hydrogen-bond acceptors (Lipinski definition) is 6. The van der Waals surface area contributed by atoms with Gasteiger partial charge in [-0.15, -0.1) is 0 Å². The molecular weight excluding hydrogens is 416 g/mol. The van der Waals surface area contributed by atoms with E-state index in [4.69, 9.17) is 4.74 Å². The van der Waals surface area contributed by atoms with E-state index in [0.29, 0.717) is 18.4 Å². The molecule has 3 aromatic rings. The normalized spacial score (nSPS) is 15.6. The van der Waals surface area contributed by atoms with Crippen LogP contribution in [0, 0.1) is 5.92 Å². The Balaban J connectivity index is 1.31. The lowest BCUT2D eigenvalue weighted by molar-refractivity contribution is -0.148. The van der Waals surface area contributed by atoms with Crippen molar-refractivity contribution in [3.8, 4) is 0 Å². The van der Waals surface area contributed by atoms with Crippen LogP contribution in [0.25, 0.3) is 10.8 Å². The van der Waals surface area contributed by atoms with Crippen LogP contribution in [0.3, 0.4) is 0 Å². The minimum atomic E-state index is -3.63. The van der Waals surface area contributed by atoms with Crippen LogP contribution in [-0.2, 0) is 19.6 Å². The van der Waals surface area contributed by atoms with Crippen LogP contribution in [0.2, 0.25) is 0 Å². The SMILES string of the molecule is O=C(COC(=O)C1CCN(S(=O)(=O)c2cccnc2)CC1)c1ccc2ccccc2c1. The Morgan fingerprint density at radius 3 is 2.45 bits per heavy atom. The zero-order valence-corrected chi connectivity index (χ0v) is 17.6. The van der Waals surface area contributed by atoms with Crippen molar-refractivity contribution in [2.75, 3.05) is 19.7 Å². The Labute approximate surface area is 180 Å². The molecule has 31 heavy (non-hydrogen) atoms. The van der Waals surface area contributed by atoms with Gasteiger partial charge in [0, 0.05) is 31.0 Å². The molecular formula is C23H22N2O5S. The fourth-order valence-corrected chi connectivity index (χ4v) is 5.12. The molecule has 0 aliphatic carbocycles. The van der Waals surface area contributed by atoms with E-state index in [1.807, 2.05) is 30.3 Å². The highest BCUT2D eigenvalue weighted by Gasteiger charge is 2.33. The summed E-state index contributed by atoms with van der Waals surface area (Å²) in [6.07, 6.45) is 3.53. The molecule has 1 fully saturated rings. The highest BCUT2D eigenvalue weighted by molar-refractivity contribution is 7.89. The Kier molecular flexibility index (Phi) is 6.11. The van der Waals surface area contributed by atoms with Gasteiger partial charge in [0.2, 0.25) is 10.0 Å². The van der Waals surface area contributed by atoms with E-state index in [2.05, 4.69) is 4.98 Å². The fourth-order valence-electron chi connectivity index (χ4n) is 3.68. The van der Waals surface area contributed by atoms with Crippen LogP contribution >= 0.6 is 0 Å². The average molecular weight is 439 g/mol. The number of piperidine rings is 1. The second-order valence-corrected chi connectivity index (χ2v) is 9.40. The van der Waals surface area contributed by atoms with E-state index >= 15 is 0 Å². The second-order valence-electron chi connectivity index (χ2n) is 7.46. The molecule has 0 saturated carbocycles. The molecule has 1 aliphatic rings. The predicted octanol–water partition coefficient (Wildman–Crippen LogP) is 3.06. The molecule has 0 N–H and O–H groups in total. The molecule has 2 heterocycles. The lowest BCUT2D eigenvalue weighted by Crippen LogP contribution is -2.40. The number of hydrogen-bond donors (Lipinski definition) is 0. The van der Waals surface area contributed by atoms with Crippen molar-refractivity contribution < 1.29 is 22.7 Å². The van der Waals surface area contributed by atoms with Gasteiger partial charge in [-0.25, -0.2) is 8.42 Å². The molecule has 1 aliphatic heterocycles. The summed E-state index contributed by atoms with van der Waals surface area (Å²) in [7, 11) is -3.63. The first-order chi connectivity index (χ1) is 14.9. The standard InChI is InChI=1S/C23H22N2O5S/c26-22(20-8-7-17-4-1-2-5-19(17)14-20)16-30-23(27)18-9-12-25(13-10-18)31(28,29)21-6-3-11-24-15-21/h1-8,11,14-15,18H,9-10,12-13,16H2. The number of rotatable bonds is 6. The second kappa shape index (κ2) is 8.95. The van der Waals surface area contributed by atoms with Crippen LogP contribution in [0.5, 0.6) is 0 Å². The van der Waals surface area contributed by atoms with Crippen molar-refractivity contribution in [2.24, 2.45) is 5.92 Å². The first-order valence-electron chi connectivity index (χ1n) is 10.0. The summed E-state index contributed by atoms with van der Waals surface area (Å²) >= 11 is 0. The third kappa shape index (κ3) is 4.65. The van der Waals surface area contributed by atoms with Gasteiger partial charge in [0.05, 0.1) is 5.92 Å². The van der Waals surface area contributed by atoms with Gasteiger partial charge in [-0.2, -0.15) is 4.31 Å². The van der Waals surface area contributed by atoms with Gasteiger partial charge in [0.15, 0.2) is 12.4 Å². The summed E-state index contributed by atoms with van der Waals surface area (Å²) in [5.41, 5.74) is 0.490. The number of fused-ring (bicyclic) bond motifs is 1. The Hall–Kier alpha value is -3.10. The smallest absolute Gasteiger partial charge is 0.309 e. The number of Topliss-reactive ketones (excluding diaryl/α,β-unsaturated/α-hetero) is 1. The number of sulfonamides is 1. The monoisotopic (exact) mass is 438 g/mol. The largest absolute Gasteiger partial charge is 0.457 e. The number of ether oxygens (including phenoxy) is 1. The van der Waals surface area contributed by atoms with E-state index in [1.54, 1.807) is 18.2 Å². The fraction of sp³-hybridized carbons (Fsp3) is 0.261. The quantitative estimate of drug-likeness (QED) is 0.434. The average Bonchev–Trinajstić information content (AvgIpc) is 2.82. The maximum absolute atomic E-state index is 12.7. The first-order valence-corrected chi connectivity index (χ1v) is 11.5. The van der Waals surface area contributed by atoms with Gasteiger partial charge in [-0.3, -0.25) is 14.6 Å². The van der Waals surface area contributed by atoms with Crippen molar-refractivity contribution in [1.82, 2.24) is 9.29 Å². The molecule has 0 amide bonds. The van der Waals surface area contributed by atoms with Crippen molar-refractivity contribution in [3.63, 3.8) is 0 Å². The third-order valence-electron chi connectivity index (χ3n) is 5.48. The lowest BCUT2D eigenvalue weighted by atomic mass is 9.98. The van der Waals surface area contributed by atoms with Gasteiger partial charge in [-0.05, 0) is 41.8 Å². The van der Waals surface area contributed by atoms with Gasteiger partial charge in [0.25, 0.3) is 0 Å². The number of esters is 1. The van der Waals surface area contributed by atoms with E-state index in [0.717, 1.165) is 10.8 Å². The minimum Gasteiger partial charge on any atom is -0.457 e. The number of pyridine rings is 1. The molecule has 0 bridgehead atoms. The van der Waals surface area contributed by atoms with Crippen molar-refractivity contribution in [2.45, 2.75) is 17.7 Å². The predicted molar refractivity (Wildman–Crippen MR) is 115 cm³/mol. The van der Waals surface area contributed by atoms with Crippen LogP contribution < -0.4 is 0 Å². The van der Waals surface area contributed by atoms with Gasteiger partial charge < -0.3 is 4.74 Å². The number of aromatic nitrogens is 1. The number of benzene rings is 2. The molecule has 8 heteroatoms. The van der Waals surface area contributed by atoms with Crippen LogP contribution in [-0.4, -0.2) is 49.2 Å². The summed E-state index contributed by atoms with van der Waals surface area (Å²) in [6, 6.07) is 16.2. The number of carbonyl (C=O) groups is 2. The third-order valence-corrected chi connectivity index (χ3v) is 7.36. The van der Waals surface area contributed by atoms with Gasteiger partial charge in [0.1, 0.15) is 4.90 Å². The van der Waals surface area contributed by atoms with Gasteiger partial charge in [-0.1, -0.05) is 36.4 Å². The molecule has 2 aromatic carbocycles. The molecule has 1 aromatic heterocycles. The zero-order valence-electron chi connectivity index (χ0n) is 16.8. The summed E-state index contributed by atoms with van der Waals surface area (Å²) in [6.45, 7) is 0.108. The minimum absolute atomic E-state index is 0.136. The summed E-state index contributed by atoms with van der Waals surface area (Å²) < 4.78 is 31.9. The molecule has 0 atom stereocenters. The van der Waals surface area contributed by atoms with Gasteiger partial charge >= 0.3 is 5.97 Å². The molecule has 4 rings (SSSR count). The summed E-state index contributed by atoms with van der Waals surface area (Å²) in [5, 5.41) is 1.98. The number of ketones is 1. The lowest BCUT2D eigenvalue weighted by Gasteiger charge is -2.29. The molecule has 160 valence electrons. The zero-order chi connectivity index (χ0) is 21.8. The first kappa shape index (κ1) is 21.1. The molecule has 7 nitrogen and oxygen atoms in total. The number of nitrogens with zero attached hydrogens (tertiary/aromatic N) is 2. The topological polar surface area (TPSA) is 93.6 Å². The Morgan fingerprint density at radius 2 is 1.74 bits per heavy atom. The van der Waals surface area contributed by atoms with Crippen molar-refractivity contribution >= 4 is 32.5 Å². The van der Waals surface area contributed by atoms with E-state index in [9.17, 15) is 18.0 Å². The maximum atomic E-state index is 12.7. The maximum Gasteiger partial charge on any atom is 0.309 e. The summed E-state index contributed by atoms with van der Waals surface area (Å²) in [4.78, 5) is 28.9. The van der Waals surface area contributed by atoms with E-state index in [-0.39, 0.29) is 30.4 Å². The van der Waals surface area contributed by atoms with Crippen molar-refractivity contribution in [3.05, 3.63) is 72.6 Å². The Morgan fingerprint density at radius 1 is 1.00 bits per heavy atom. The highest BCUT2D eigenvalue weighted by atomic mass is 32.2. The van der Waals surface area contributed by atoms with E-state index < -0.39 is 21.9 Å². The summed E-state index contributed by atoms with van der Waals surface area (Å²) in [5.74, 6) is -1.16. The molecule has 1 saturated heterocycles. The number of carbonyl (C=O) groups excluding carboxylic acids is 2. The Bertz CT molecular complexity index is 1200. The van der Waals surface area contributed by atoms with Crippen LogP contribution in [0.1, 0.15) is 23.2 Å². The van der Waals surface area contributed by atoms with Crippen LogP contribution in [0.4, 0.5) is 0 Å². The van der Waals surface area contributed by atoms with Crippen molar-refractivity contribution in [1.29, 1.82) is 0 Å². The molecule has 0 spiro atoms. The molecule has 0 radical (unpaired) electrons. The van der Waals surface area contributed by atoms with Crippen LogP contribution in [0.15, 0.2) is 71.9 Å². The van der Waals surface area contributed by atoms with E-state index in [1.165, 1.54) is 22.8 Å². The molecule has 0 unspecified atom stereocenters.